The molecule has 1 aliphatic heterocycles. The maximum absolute atomic E-state index is 13.1. The summed E-state index contributed by atoms with van der Waals surface area (Å²) in [5, 5.41) is 8.52. The Labute approximate surface area is 165 Å². The van der Waals surface area contributed by atoms with Crippen molar-refractivity contribution in [2.75, 3.05) is 20.2 Å². The zero-order valence-corrected chi connectivity index (χ0v) is 16.7. The van der Waals surface area contributed by atoms with Gasteiger partial charge < -0.3 is 9.64 Å². The van der Waals surface area contributed by atoms with Crippen molar-refractivity contribution in [1.82, 2.24) is 19.9 Å². The van der Waals surface area contributed by atoms with Crippen molar-refractivity contribution in [3.05, 3.63) is 40.1 Å². The average Bonchev–Trinajstić information content (AvgIpc) is 3.45. The zero-order valence-electron chi connectivity index (χ0n) is 15.1. The first kappa shape index (κ1) is 18.2. The highest BCUT2D eigenvalue weighted by Crippen LogP contribution is 2.42. The van der Waals surface area contributed by atoms with Crippen molar-refractivity contribution in [3.8, 4) is 5.69 Å². The standard InChI is InChI=1S/C19H21BrN4O3/c1-27-19(26)13-8-10-23(11-9-13)18(25)16-17(12-2-3-12)24(22-21-16)15-6-4-14(20)5-7-15/h4-7,12-13H,2-3,8-11H2,1H3. The maximum atomic E-state index is 13.1. The second kappa shape index (κ2) is 7.42. The van der Waals surface area contributed by atoms with Gasteiger partial charge >= 0.3 is 5.97 Å². The fraction of sp³-hybridized carbons (Fsp3) is 0.474. The van der Waals surface area contributed by atoms with Gasteiger partial charge in [-0.2, -0.15) is 0 Å². The second-order valence-electron chi connectivity index (χ2n) is 7.08. The lowest BCUT2D eigenvalue weighted by molar-refractivity contribution is -0.146. The minimum Gasteiger partial charge on any atom is -0.469 e. The number of esters is 1. The van der Waals surface area contributed by atoms with Crippen molar-refractivity contribution >= 4 is 27.8 Å². The molecule has 0 spiro atoms. The van der Waals surface area contributed by atoms with E-state index in [2.05, 4.69) is 26.2 Å². The summed E-state index contributed by atoms with van der Waals surface area (Å²) in [5.74, 6) is -0.0823. The third-order valence-corrected chi connectivity index (χ3v) is 5.79. The van der Waals surface area contributed by atoms with Crippen LogP contribution in [0.25, 0.3) is 5.69 Å². The third kappa shape index (κ3) is 3.63. The van der Waals surface area contributed by atoms with Gasteiger partial charge in [-0.05, 0) is 49.9 Å². The van der Waals surface area contributed by atoms with Crippen LogP contribution in [0, 0.1) is 5.92 Å². The number of amides is 1. The number of ether oxygens (including phenoxy) is 1. The highest BCUT2D eigenvalue weighted by molar-refractivity contribution is 9.10. The molecule has 0 unspecified atom stereocenters. The van der Waals surface area contributed by atoms with E-state index >= 15 is 0 Å². The SMILES string of the molecule is COC(=O)C1CCN(C(=O)c2nnn(-c3ccc(Br)cc3)c2C2CC2)CC1. The minimum absolute atomic E-state index is 0.0939. The Morgan fingerprint density at radius 1 is 1.11 bits per heavy atom. The minimum atomic E-state index is -0.193. The predicted octanol–water partition coefficient (Wildman–Crippen LogP) is 2.93. The molecular formula is C19H21BrN4O3. The molecule has 2 aromatic rings. The molecule has 0 radical (unpaired) electrons. The van der Waals surface area contributed by atoms with E-state index in [0.29, 0.717) is 37.5 Å². The van der Waals surface area contributed by atoms with Crippen LogP contribution in [0.1, 0.15) is 47.8 Å². The highest BCUT2D eigenvalue weighted by Gasteiger charge is 2.37. The molecule has 27 heavy (non-hydrogen) atoms. The summed E-state index contributed by atoms with van der Waals surface area (Å²) in [6.07, 6.45) is 3.35. The van der Waals surface area contributed by atoms with Crippen LogP contribution >= 0.6 is 15.9 Å². The van der Waals surface area contributed by atoms with E-state index in [4.69, 9.17) is 4.74 Å². The molecule has 0 atom stereocenters. The molecule has 2 heterocycles. The van der Waals surface area contributed by atoms with E-state index in [0.717, 1.165) is 28.7 Å². The molecule has 2 fully saturated rings. The van der Waals surface area contributed by atoms with E-state index in [1.54, 1.807) is 9.58 Å². The van der Waals surface area contributed by atoms with Crippen LogP contribution in [0.2, 0.25) is 0 Å². The molecule has 7 nitrogen and oxygen atoms in total. The monoisotopic (exact) mass is 432 g/mol. The van der Waals surface area contributed by atoms with Gasteiger partial charge in [-0.15, -0.1) is 5.10 Å². The van der Waals surface area contributed by atoms with Crippen molar-refractivity contribution in [1.29, 1.82) is 0 Å². The van der Waals surface area contributed by atoms with Gasteiger partial charge in [0.05, 0.1) is 24.4 Å². The van der Waals surface area contributed by atoms with Crippen molar-refractivity contribution < 1.29 is 14.3 Å². The van der Waals surface area contributed by atoms with Gasteiger partial charge in [0.1, 0.15) is 0 Å². The van der Waals surface area contributed by atoms with E-state index in [1.165, 1.54) is 7.11 Å². The van der Waals surface area contributed by atoms with Gasteiger partial charge in [-0.3, -0.25) is 9.59 Å². The number of methoxy groups -OCH3 is 1. The molecule has 8 heteroatoms. The molecular weight excluding hydrogens is 412 g/mol. The summed E-state index contributed by atoms with van der Waals surface area (Å²) < 4.78 is 7.60. The van der Waals surface area contributed by atoms with Crippen molar-refractivity contribution in [2.24, 2.45) is 5.92 Å². The van der Waals surface area contributed by atoms with Gasteiger partial charge in [0.15, 0.2) is 5.69 Å². The summed E-state index contributed by atoms with van der Waals surface area (Å²) in [7, 11) is 1.40. The summed E-state index contributed by atoms with van der Waals surface area (Å²) in [6.45, 7) is 1.07. The average molecular weight is 433 g/mol. The van der Waals surface area contributed by atoms with E-state index in [9.17, 15) is 9.59 Å². The summed E-state index contributed by atoms with van der Waals surface area (Å²) in [6, 6.07) is 7.82. The van der Waals surface area contributed by atoms with E-state index in [1.807, 2.05) is 24.3 Å². The van der Waals surface area contributed by atoms with Crippen LogP contribution in [-0.4, -0.2) is 52.0 Å². The molecule has 0 N–H and O–H groups in total. The largest absolute Gasteiger partial charge is 0.469 e. The highest BCUT2D eigenvalue weighted by atomic mass is 79.9. The van der Waals surface area contributed by atoms with Crippen molar-refractivity contribution in [3.63, 3.8) is 0 Å². The number of hydrogen-bond donors (Lipinski definition) is 0. The lowest BCUT2D eigenvalue weighted by Crippen LogP contribution is -2.41. The topological polar surface area (TPSA) is 77.3 Å². The summed E-state index contributed by atoms with van der Waals surface area (Å²) in [4.78, 5) is 26.6. The van der Waals surface area contributed by atoms with Crippen molar-refractivity contribution in [2.45, 2.75) is 31.6 Å². The Hall–Kier alpha value is -2.22. The number of likely N-dealkylation sites (tertiary alicyclic amines) is 1. The number of hydrogen-bond acceptors (Lipinski definition) is 5. The zero-order chi connectivity index (χ0) is 19.0. The van der Waals surface area contributed by atoms with Gasteiger partial charge in [0.25, 0.3) is 5.91 Å². The Morgan fingerprint density at radius 3 is 2.37 bits per heavy atom. The number of nitrogens with zero attached hydrogens (tertiary/aromatic N) is 4. The molecule has 2 aliphatic rings. The smallest absolute Gasteiger partial charge is 0.308 e. The summed E-state index contributed by atoms with van der Waals surface area (Å²) in [5.41, 5.74) is 2.24. The second-order valence-corrected chi connectivity index (χ2v) is 7.99. The van der Waals surface area contributed by atoms with Crippen LogP contribution in [0.4, 0.5) is 0 Å². The van der Waals surface area contributed by atoms with Gasteiger partial charge in [0.2, 0.25) is 0 Å². The van der Waals surface area contributed by atoms with Crippen LogP contribution in [0.15, 0.2) is 28.7 Å². The van der Waals surface area contributed by atoms with Crippen LogP contribution in [-0.2, 0) is 9.53 Å². The Morgan fingerprint density at radius 2 is 1.78 bits per heavy atom. The predicted molar refractivity (Wildman–Crippen MR) is 102 cm³/mol. The first-order valence-corrected chi connectivity index (χ1v) is 9.96. The normalized spacial score (nSPS) is 17.8. The Balaban J connectivity index is 1.56. The molecule has 1 saturated heterocycles. The van der Waals surface area contributed by atoms with Gasteiger partial charge in [-0.1, -0.05) is 21.1 Å². The lowest BCUT2D eigenvalue weighted by Gasteiger charge is -2.30. The Kier molecular flexibility index (Phi) is 4.99. The number of aromatic nitrogens is 3. The number of piperidine rings is 1. The Bertz CT molecular complexity index is 852. The maximum Gasteiger partial charge on any atom is 0.308 e. The molecule has 1 aromatic heterocycles. The number of carbonyl (C=O) groups excluding carboxylic acids is 2. The quantitative estimate of drug-likeness (QED) is 0.693. The van der Waals surface area contributed by atoms with Gasteiger partial charge in [0, 0.05) is 23.5 Å². The molecule has 1 aromatic carbocycles. The fourth-order valence-corrected chi connectivity index (χ4v) is 3.84. The number of carbonyl (C=O) groups is 2. The van der Waals surface area contributed by atoms with E-state index in [-0.39, 0.29) is 17.8 Å². The molecule has 1 saturated carbocycles. The number of rotatable bonds is 4. The van der Waals surface area contributed by atoms with Crippen LogP contribution in [0.5, 0.6) is 0 Å². The molecule has 4 rings (SSSR count). The fourth-order valence-electron chi connectivity index (χ4n) is 3.57. The third-order valence-electron chi connectivity index (χ3n) is 5.26. The first-order valence-electron chi connectivity index (χ1n) is 9.17. The molecule has 1 aliphatic carbocycles. The van der Waals surface area contributed by atoms with Gasteiger partial charge in [-0.25, -0.2) is 4.68 Å². The van der Waals surface area contributed by atoms with Crippen LogP contribution < -0.4 is 0 Å². The molecule has 142 valence electrons. The van der Waals surface area contributed by atoms with Crippen LogP contribution in [0.3, 0.4) is 0 Å². The van der Waals surface area contributed by atoms with E-state index < -0.39 is 0 Å². The lowest BCUT2D eigenvalue weighted by atomic mass is 9.96. The first-order chi connectivity index (χ1) is 13.1. The number of benzene rings is 1. The molecule has 0 bridgehead atoms. The molecule has 1 amide bonds. The summed E-state index contributed by atoms with van der Waals surface area (Å²) >= 11 is 3.44. The number of halogens is 1.